The monoisotopic (exact) mass is 404 g/mol. The number of carboxylic acid groups (broad SMARTS) is 1. The van der Waals surface area contributed by atoms with Crippen molar-refractivity contribution in [1.29, 1.82) is 5.26 Å². The average molecular weight is 404 g/mol. The summed E-state index contributed by atoms with van der Waals surface area (Å²) in [5, 5.41) is 19.2. The second-order valence-corrected chi connectivity index (χ2v) is 8.47. The van der Waals surface area contributed by atoms with E-state index >= 15 is 0 Å². The molecule has 0 saturated heterocycles. The second kappa shape index (κ2) is 8.56. The summed E-state index contributed by atoms with van der Waals surface area (Å²) in [5.41, 5.74) is 3.08. The third-order valence-electron chi connectivity index (χ3n) is 4.59. The summed E-state index contributed by atoms with van der Waals surface area (Å²) in [5.74, 6) is -1.09. The summed E-state index contributed by atoms with van der Waals surface area (Å²) >= 11 is 0. The Balaban J connectivity index is 2.32. The van der Waals surface area contributed by atoms with Crippen LogP contribution in [0.15, 0.2) is 24.3 Å². The molecule has 8 nitrogen and oxygen atoms in total. The number of nitrogens with one attached hydrogen (secondary N) is 1. The lowest BCUT2D eigenvalue weighted by atomic mass is 9.98. The van der Waals surface area contributed by atoms with Gasteiger partial charge in [0.25, 0.3) is 10.2 Å². The van der Waals surface area contributed by atoms with Gasteiger partial charge in [0, 0.05) is 38.9 Å². The Morgan fingerprint density at radius 1 is 1.29 bits per heavy atom. The number of carbonyl (C=O) groups is 1. The highest BCUT2D eigenvalue weighted by Crippen LogP contribution is 2.32. The Bertz CT molecular complexity index is 1020. The maximum Gasteiger partial charge on any atom is 0.353 e. The first-order chi connectivity index (χ1) is 13.1. The first kappa shape index (κ1) is 21.6. The number of rotatable bonds is 8. The Morgan fingerprint density at radius 3 is 2.36 bits per heavy atom. The maximum absolute atomic E-state index is 11.8. The third kappa shape index (κ3) is 4.25. The number of nitriles is 1. The summed E-state index contributed by atoms with van der Waals surface area (Å²) in [4.78, 5) is 11.8. The van der Waals surface area contributed by atoms with Gasteiger partial charge in [0.1, 0.15) is 11.8 Å². The molecule has 1 aromatic heterocycles. The third-order valence-corrected chi connectivity index (χ3v) is 6.12. The number of carboxylic acids is 1. The smallest absolute Gasteiger partial charge is 0.353 e. The first-order valence-corrected chi connectivity index (χ1v) is 10.2. The van der Waals surface area contributed by atoms with Gasteiger partial charge in [-0.25, -0.2) is 9.52 Å². The zero-order valence-corrected chi connectivity index (χ0v) is 17.2. The van der Waals surface area contributed by atoms with E-state index in [4.69, 9.17) is 0 Å². The first-order valence-electron chi connectivity index (χ1n) is 8.75. The number of aromatic nitrogens is 1. The molecule has 0 radical (unpaired) electrons. The van der Waals surface area contributed by atoms with Crippen molar-refractivity contribution in [2.75, 3.05) is 20.6 Å². The van der Waals surface area contributed by atoms with Gasteiger partial charge in [-0.05, 0) is 24.0 Å². The van der Waals surface area contributed by atoms with Gasteiger partial charge in [0.15, 0.2) is 0 Å². The van der Waals surface area contributed by atoms with Crippen LogP contribution in [0.25, 0.3) is 11.1 Å². The number of benzene rings is 1. The predicted molar refractivity (Wildman–Crippen MR) is 106 cm³/mol. The van der Waals surface area contributed by atoms with Gasteiger partial charge >= 0.3 is 5.97 Å². The fourth-order valence-electron chi connectivity index (χ4n) is 3.09. The van der Waals surface area contributed by atoms with Crippen LogP contribution in [0.4, 0.5) is 0 Å². The zero-order valence-electron chi connectivity index (χ0n) is 16.4. The van der Waals surface area contributed by atoms with E-state index in [1.165, 1.54) is 14.1 Å². The van der Waals surface area contributed by atoms with E-state index in [1.54, 1.807) is 23.7 Å². The van der Waals surface area contributed by atoms with Crippen molar-refractivity contribution in [3.05, 3.63) is 46.8 Å². The van der Waals surface area contributed by atoms with Crippen LogP contribution in [0.5, 0.6) is 0 Å². The zero-order chi connectivity index (χ0) is 21.1. The molecule has 0 aliphatic carbocycles. The van der Waals surface area contributed by atoms with Crippen molar-refractivity contribution >= 4 is 16.2 Å². The molecule has 1 aromatic carbocycles. The molecule has 0 saturated carbocycles. The molecule has 0 aliphatic heterocycles. The van der Waals surface area contributed by atoms with Crippen molar-refractivity contribution in [1.82, 2.24) is 13.6 Å². The lowest BCUT2D eigenvalue weighted by Gasteiger charge is -2.12. The van der Waals surface area contributed by atoms with Crippen LogP contribution in [0, 0.1) is 11.3 Å². The highest BCUT2D eigenvalue weighted by Gasteiger charge is 2.25. The van der Waals surface area contributed by atoms with Gasteiger partial charge in [-0.3, -0.25) is 0 Å². The fourth-order valence-corrected chi connectivity index (χ4v) is 3.71. The Hall–Kier alpha value is -2.67. The molecule has 0 amide bonds. The van der Waals surface area contributed by atoms with Crippen molar-refractivity contribution in [2.24, 2.45) is 7.05 Å². The topological polar surface area (TPSA) is 115 Å². The molecule has 2 rings (SSSR count). The van der Waals surface area contributed by atoms with Gasteiger partial charge in [-0.15, -0.1) is 0 Å². The number of nitrogens with zero attached hydrogens (tertiary/aromatic N) is 3. The van der Waals surface area contributed by atoms with Gasteiger partial charge in [0.2, 0.25) is 0 Å². The molecule has 0 atom stereocenters. The molecule has 0 fully saturated rings. The van der Waals surface area contributed by atoms with E-state index in [9.17, 15) is 23.6 Å². The van der Waals surface area contributed by atoms with Crippen molar-refractivity contribution in [3.8, 4) is 17.2 Å². The van der Waals surface area contributed by atoms with Crippen LogP contribution >= 0.6 is 0 Å². The Morgan fingerprint density at radius 2 is 1.89 bits per heavy atom. The number of hydrogen-bond donors (Lipinski definition) is 2. The van der Waals surface area contributed by atoms with Gasteiger partial charge in [-0.2, -0.15) is 18.0 Å². The highest BCUT2D eigenvalue weighted by molar-refractivity contribution is 7.87. The summed E-state index contributed by atoms with van der Waals surface area (Å²) in [6.07, 6.45) is 1.03. The van der Waals surface area contributed by atoms with Crippen LogP contribution in [0.2, 0.25) is 0 Å². The molecule has 0 bridgehead atoms. The van der Waals surface area contributed by atoms with Crippen molar-refractivity contribution in [3.63, 3.8) is 0 Å². The molecular formula is C19H24N4O4S. The lowest BCUT2D eigenvalue weighted by molar-refractivity contribution is 0.0687. The van der Waals surface area contributed by atoms with E-state index in [0.717, 1.165) is 9.87 Å². The lowest BCUT2D eigenvalue weighted by Crippen LogP contribution is -2.36. The van der Waals surface area contributed by atoms with E-state index in [1.807, 2.05) is 19.1 Å². The Labute approximate surface area is 165 Å². The van der Waals surface area contributed by atoms with Crippen molar-refractivity contribution in [2.45, 2.75) is 19.8 Å². The van der Waals surface area contributed by atoms with E-state index in [0.29, 0.717) is 35.2 Å². The molecular weight excluding hydrogens is 380 g/mol. The molecule has 9 heteroatoms. The Kier molecular flexibility index (Phi) is 6.61. The largest absolute Gasteiger partial charge is 0.477 e. The summed E-state index contributed by atoms with van der Waals surface area (Å²) in [6.45, 7) is 2.12. The van der Waals surface area contributed by atoms with Gasteiger partial charge < -0.3 is 9.67 Å². The highest BCUT2D eigenvalue weighted by atomic mass is 32.2. The minimum absolute atomic E-state index is 0.0832. The molecule has 2 N–H and O–H groups in total. The quantitative estimate of drug-likeness (QED) is 0.696. The molecule has 0 unspecified atom stereocenters. The predicted octanol–water partition coefficient (Wildman–Crippen LogP) is 1.76. The van der Waals surface area contributed by atoms with Crippen LogP contribution in [0.1, 0.15) is 34.2 Å². The molecule has 0 aliphatic rings. The molecule has 0 spiro atoms. The molecule has 1 heterocycles. The standard InChI is InChI=1S/C19H24N4O4S/c1-5-16-15(12-20)17(18(19(24)25)23(16)4)14-8-6-13(7-9-14)10-11-21-28(26,27)22(2)3/h6-9,21H,5,10-11H2,1-4H3,(H,24,25). The SMILES string of the molecule is CCc1c(C#N)c(-c2ccc(CCNS(=O)(=O)N(C)C)cc2)c(C(=O)O)n1C. The van der Waals surface area contributed by atoms with E-state index in [2.05, 4.69) is 10.8 Å². The molecule has 28 heavy (non-hydrogen) atoms. The molecule has 2 aromatic rings. The van der Waals surface area contributed by atoms with Gasteiger partial charge in [-0.1, -0.05) is 31.2 Å². The maximum atomic E-state index is 11.8. The van der Waals surface area contributed by atoms with Gasteiger partial charge in [0.05, 0.1) is 5.56 Å². The minimum Gasteiger partial charge on any atom is -0.477 e. The summed E-state index contributed by atoms with van der Waals surface area (Å²) in [6, 6.07) is 9.28. The molecule has 150 valence electrons. The van der Waals surface area contributed by atoms with Crippen molar-refractivity contribution < 1.29 is 18.3 Å². The van der Waals surface area contributed by atoms with E-state index < -0.39 is 16.2 Å². The minimum atomic E-state index is -3.47. The second-order valence-electron chi connectivity index (χ2n) is 6.50. The fraction of sp³-hybridized carbons (Fsp3) is 0.368. The van der Waals surface area contributed by atoms with E-state index in [-0.39, 0.29) is 12.2 Å². The number of hydrogen-bond acceptors (Lipinski definition) is 4. The van der Waals surface area contributed by atoms with Crippen LogP contribution < -0.4 is 4.72 Å². The summed E-state index contributed by atoms with van der Waals surface area (Å²) in [7, 11) is 1.09. The summed E-state index contributed by atoms with van der Waals surface area (Å²) < 4.78 is 28.6. The van der Waals surface area contributed by atoms with Crippen LogP contribution in [-0.4, -0.2) is 49.0 Å². The number of aromatic carboxylic acids is 1. The van der Waals surface area contributed by atoms with Crippen LogP contribution in [-0.2, 0) is 30.1 Å². The average Bonchev–Trinajstić information content (AvgIpc) is 2.93. The normalized spacial score (nSPS) is 11.6. The van der Waals surface area contributed by atoms with Crippen LogP contribution in [0.3, 0.4) is 0 Å².